The van der Waals surface area contributed by atoms with Gasteiger partial charge in [-0.05, 0) is 29.8 Å². The largest absolute Gasteiger partial charge is 0.492 e. The first-order chi connectivity index (χ1) is 10.2. The smallest absolute Gasteiger partial charge is 0.315 e. The van der Waals surface area contributed by atoms with Gasteiger partial charge in [0.25, 0.3) is 0 Å². The topological polar surface area (TPSA) is 63.2 Å². The molecule has 0 aliphatic heterocycles. The van der Waals surface area contributed by atoms with Crippen molar-refractivity contribution < 1.29 is 9.53 Å². The van der Waals surface area contributed by atoms with Crippen molar-refractivity contribution in [2.24, 2.45) is 0 Å². The standard InChI is InChI=1S/C15H16ClN3O2/c16-13-4-1-5-14(9-13)21-8-7-18-15(20)19-11-12-3-2-6-17-10-12/h1-6,9-10H,7-8,11H2,(H2,18,19,20). The highest BCUT2D eigenvalue weighted by atomic mass is 35.5. The Hall–Kier alpha value is -2.27. The van der Waals surface area contributed by atoms with Gasteiger partial charge in [-0.3, -0.25) is 4.98 Å². The van der Waals surface area contributed by atoms with Gasteiger partial charge in [0.1, 0.15) is 12.4 Å². The summed E-state index contributed by atoms with van der Waals surface area (Å²) in [6, 6.07) is 10.6. The minimum absolute atomic E-state index is 0.242. The molecule has 1 heterocycles. The molecule has 110 valence electrons. The molecule has 21 heavy (non-hydrogen) atoms. The van der Waals surface area contributed by atoms with Gasteiger partial charge in [0.2, 0.25) is 0 Å². The number of nitrogens with one attached hydrogen (secondary N) is 2. The molecule has 2 N–H and O–H groups in total. The summed E-state index contributed by atoms with van der Waals surface area (Å²) in [6.07, 6.45) is 3.40. The van der Waals surface area contributed by atoms with Crippen LogP contribution in [0.4, 0.5) is 4.79 Å². The minimum Gasteiger partial charge on any atom is -0.492 e. The van der Waals surface area contributed by atoms with E-state index in [0.717, 1.165) is 5.56 Å². The zero-order valence-corrected chi connectivity index (χ0v) is 12.1. The number of halogens is 1. The van der Waals surface area contributed by atoms with Gasteiger partial charge >= 0.3 is 6.03 Å². The fourth-order valence-electron chi connectivity index (χ4n) is 1.64. The Bertz CT molecular complexity index is 578. The van der Waals surface area contributed by atoms with Gasteiger partial charge in [0.05, 0.1) is 6.54 Å². The Morgan fingerprint density at radius 1 is 1.24 bits per heavy atom. The molecular weight excluding hydrogens is 290 g/mol. The molecule has 0 unspecified atom stereocenters. The van der Waals surface area contributed by atoms with Crippen LogP contribution in [0, 0.1) is 0 Å². The third-order valence-electron chi connectivity index (χ3n) is 2.63. The molecule has 0 atom stereocenters. The first-order valence-corrected chi connectivity index (χ1v) is 6.91. The fourth-order valence-corrected chi connectivity index (χ4v) is 1.82. The molecule has 0 saturated heterocycles. The lowest BCUT2D eigenvalue weighted by atomic mass is 10.3. The van der Waals surface area contributed by atoms with Crippen LogP contribution in [-0.2, 0) is 6.54 Å². The highest BCUT2D eigenvalue weighted by Crippen LogP contribution is 2.16. The van der Waals surface area contributed by atoms with E-state index < -0.39 is 0 Å². The number of nitrogens with zero attached hydrogens (tertiary/aromatic N) is 1. The second kappa shape index (κ2) is 8.11. The number of aromatic nitrogens is 1. The molecule has 1 aromatic heterocycles. The third kappa shape index (κ3) is 5.71. The molecule has 0 aliphatic rings. The number of rotatable bonds is 6. The van der Waals surface area contributed by atoms with Crippen LogP contribution >= 0.6 is 11.6 Å². The van der Waals surface area contributed by atoms with Gasteiger partial charge in [-0.15, -0.1) is 0 Å². The van der Waals surface area contributed by atoms with Crippen molar-refractivity contribution in [3.05, 3.63) is 59.4 Å². The summed E-state index contributed by atoms with van der Waals surface area (Å²) in [6.45, 7) is 1.22. The maximum atomic E-state index is 11.6. The summed E-state index contributed by atoms with van der Waals surface area (Å²) >= 11 is 5.84. The maximum Gasteiger partial charge on any atom is 0.315 e. The molecule has 0 fully saturated rings. The second-order valence-electron chi connectivity index (χ2n) is 4.28. The highest BCUT2D eigenvalue weighted by molar-refractivity contribution is 6.30. The number of hydrogen-bond donors (Lipinski definition) is 2. The van der Waals surface area contributed by atoms with Crippen molar-refractivity contribution in [2.75, 3.05) is 13.2 Å². The van der Waals surface area contributed by atoms with Gasteiger partial charge in [0, 0.05) is 24.0 Å². The molecule has 1 aromatic carbocycles. The lowest BCUT2D eigenvalue weighted by molar-refractivity contribution is 0.236. The number of amides is 2. The van der Waals surface area contributed by atoms with Gasteiger partial charge in [0.15, 0.2) is 0 Å². The molecule has 2 aromatic rings. The monoisotopic (exact) mass is 305 g/mol. The zero-order valence-electron chi connectivity index (χ0n) is 11.4. The normalized spacial score (nSPS) is 9.95. The van der Waals surface area contributed by atoms with Crippen LogP contribution in [0.2, 0.25) is 5.02 Å². The Labute approximate surface area is 128 Å². The van der Waals surface area contributed by atoms with E-state index >= 15 is 0 Å². The van der Waals surface area contributed by atoms with E-state index in [1.807, 2.05) is 24.3 Å². The lowest BCUT2D eigenvalue weighted by Crippen LogP contribution is -2.37. The Balaban J connectivity index is 1.61. The summed E-state index contributed by atoms with van der Waals surface area (Å²) in [7, 11) is 0. The van der Waals surface area contributed by atoms with Gasteiger partial charge < -0.3 is 15.4 Å². The van der Waals surface area contributed by atoms with Crippen LogP contribution in [0.25, 0.3) is 0 Å². The average Bonchev–Trinajstić information content (AvgIpc) is 2.51. The van der Waals surface area contributed by atoms with Crippen molar-refractivity contribution in [3.63, 3.8) is 0 Å². The van der Waals surface area contributed by atoms with Crippen molar-refractivity contribution in [1.29, 1.82) is 0 Å². The summed E-state index contributed by atoms with van der Waals surface area (Å²) in [5, 5.41) is 6.07. The summed E-state index contributed by atoms with van der Waals surface area (Å²) in [5.41, 5.74) is 0.947. The summed E-state index contributed by atoms with van der Waals surface area (Å²) < 4.78 is 5.46. The maximum absolute atomic E-state index is 11.6. The Morgan fingerprint density at radius 3 is 2.90 bits per heavy atom. The Kier molecular flexibility index (Phi) is 5.84. The van der Waals surface area contributed by atoms with Gasteiger partial charge in [-0.2, -0.15) is 0 Å². The van der Waals surface area contributed by atoms with E-state index in [0.29, 0.717) is 30.5 Å². The second-order valence-corrected chi connectivity index (χ2v) is 4.71. The van der Waals surface area contributed by atoms with Crippen LogP contribution in [0.15, 0.2) is 48.8 Å². The summed E-state index contributed by atoms with van der Waals surface area (Å²) in [5.74, 6) is 0.681. The quantitative estimate of drug-likeness (QED) is 0.806. The molecule has 0 saturated carbocycles. The first-order valence-electron chi connectivity index (χ1n) is 6.53. The van der Waals surface area contributed by atoms with Crippen molar-refractivity contribution in [2.45, 2.75) is 6.54 Å². The van der Waals surface area contributed by atoms with Crippen LogP contribution < -0.4 is 15.4 Å². The van der Waals surface area contributed by atoms with E-state index in [9.17, 15) is 4.79 Å². The van der Waals surface area contributed by atoms with E-state index in [1.54, 1.807) is 24.5 Å². The minimum atomic E-state index is -0.242. The molecule has 0 bridgehead atoms. The van der Waals surface area contributed by atoms with Crippen LogP contribution in [0.1, 0.15) is 5.56 Å². The van der Waals surface area contributed by atoms with Crippen LogP contribution in [-0.4, -0.2) is 24.2 Å². The number of carbonyl (C=O) groups is 1. The molecule has 0 radical (unpaired) electrons. The highest BCUT2D eigenvalue weighted by Gasteiger charge is 2.00. The molecule has 2 rings (SSSR count). The number of carbonyl (C=O) groups excluding carboxylic acids is 1. The fraction of sp³-hybridized carbons (Fsp3) is 0.200. The van der Waals surface area contributed by atoms with Crippen LogP contribution in [0.5, 0.6) is 5.75 Å². The molecule has 6 heteroatoms. The van der Waals surface area contributed by atoms with E-state index in [1.165, 1.54) is 0 Å². The first kappa shape index (κ1) is 15.1. The van der Waals surface area contributed by atoms with Crippen molar-refractivity contribution in [1.82, 2.24) is 15.6 Å². The molecule has 0 spiro atoms. The predicted octanol–water partition coefficient (Wildman–Crippen LogP) is 2.61. The third-order valence-corrected chi connectivity index (χ3v) is 2.86. The number of pyridine rings is 1. The summed E-state index contributed by atoms with van der Waals surface area (Å²) in [4.78, 5) is 15.5. The van der Waals surface area contributed by atoms with Gasteiger partial charge in [-0.1, -0.05) is 23.7 Å². The Morgan fingerprint density at radius 2 is 2.14 bits per heavy atom. The number of hydrogen-bond acceptors (Lipinski definition) is 3. The van der Waals surface area contributed by atoms with E-state index in [4.69, 9.17) is 16.3 Å². The molecule has 0 aliphatic carbocycles. The van der Waals surface area contributed by atoms with Gasteiger partial charge in [-0.25, -0.2) is 4.79 Å². The molecule has 5 nitrogen and oxygen atoms in total. The van der Waals surface area contributed by atoms with Crippen molar-refractivity contribution in [3.8, 4) is 5.75 Å². The van der Waals surface area contributed by atoms with E-state index in [2.05, 4.69) is 15.6 Å². The number of urea groups is 1. The average molecular weight is 306 g/mol. The van der Waals surface area contributed by atoms with Crippen molar-refractivity contribution >= 4 is 17.6 Å². The zero-order chi connectivity index (χ0) is 14.9. The number of benzene rings is 1. The van der Waals surface area contributed by atoms with Crippen LogP contribution in [0.3, 0.4) is 0 Å². The lowest BCUT2D eigenvalue weighted by Gasteiger charge is -2.09. The van der Waals surface area contributed by atoms with E-state index in [-0.39, 0.29) is 6.03 Å². The molecular formula is C15H16ClN3O2. The number of ether oxygens (including phenoxy) is 1. The molecule has 2 amide bonds. The predicted molar refractivity (Wildman–Crippen MR) is 81.4 cm³/mol. The SMILES string of the molecule is O=C(NCCOc1cccc(Cl)c1)NCc1cccnc1.